The van der Waals surface area contributed by atoms with Crippen molar-refractivity contribution in [3.8, 4) is 0 Å². The van der Waals surface area contributed by atoms with Gasteiger partial charge in [0.15, 0.2) is 5.96 Å². The van der Waals surface area contributed by atoms with Crippen molar-refractivity contribution in [1.82, 2.24) is 4.90 Å². The summed E-state index contributed by atoms with van der Waals surface area (Å²) in [5, 5.41) is 7.13. The number of nitrogens with two attached hydrogens (primary N) is 1. The molecule has 0 unspecified atom stereocenters. The second-order valence-corrected chi connectivity index (χ2v) is 3.29. The van der Waals surface area contributed by atoms with Crippen LogP contribution in [0.25, 0.3) is 0 Å². The zero-order valence-corrected chi connectivity index (χ0v) is 8.21. The normalized spacial score (nSPS) is 9.27. The second kappa shape index (κ2) is 5.37. The zero-order chi connectivity index (χ0) is 8.85. The SMILES string of the molecule is CCCCN(C(=N)N)C(=S)S. The molecule has 0 aliphatic rings. The minimum Gasteiger partial charge on any atom is -0.370 e. The van der Waals surface area contributed by atoms with Crippen LogP contribution in [0.4, 0.5) is 0 Å². The van der Waals surface area contributed by atoms with Gasteiger partial charge in [0.05, 0.1) is 0 Å². The Hall–Kier alpha value is -0.290. The highest BCUT2D eigenvalue weighted by Crippen LogP contribution is 1.98. The summed E-state index contributed by atoms with van der Waals surface area (Å²) in [6, 6.07) is 0. The first-order valence-electron chi connectivity index (χ1n) is 3.44. The van der Waals surface area contributed by atoms with Gasteiger partial charge in [0.25, 0.3) is 0 Å². The van der Waals surface area contributed by atoms with Crippen molar-refractivity contribution in [1.29, 1.82) is 5.41 Å². The fourth-order valence-corrected chi connectivity index (χ4v) is 1.03. The van der Waals surface area contributed by atoms with E-state index in [1.54, 1.807) is 0 Å². The molecule has 3 N–H and O–H groups in total. The lowest BCUT2D eigenvalue weighted by atomic mass is 10.3. The standard InChI is InChI=1S/C6H13N3S2/c1-2-3-4-9(5(7)8)6(10)11/h2-4H2,1H3,(H3,7,8)(H,10,11). The topological polar surface area (TPSA) is 53.1 Å². The van der Waals surface area contributed by atoms with Crippen LogP contribution in [0, 0.1) is 5.41 Å². The molecular formula is C6H13N3S2. The first-order valence-corrected chi connectivity index (χ1v) is 4.29. The molecule has 0 fully saturated rings. The summed E-state index contributed by atoms with van der Waals surface area (Å²) >= 11 is 8.72. The number of hydrogen-bond acceptors (Lipinski definition) is 2. The van der Waals surface area contributed by atoms with Gasteiger partial charge in [-0.15, -0.1) is 12.6 Å². The molecule has 0 heterocycles. The summed E-state index contributed by atoms with van der Waals surface area (Å²) < 4.78 is 0.367. The van der Waals surface area contributed by atoms with Crippen LogP contribution < -0.4 is 5.73 Å². The summed E-state index contributed by atoms with van der Waals surface area (Å²) in [6.45, 7) is 2.76. The first kappa shape index (κ1) is 10.7. The molecule has 0 bridgehead atoms. The average molecular weight is 191 g/mol. The molecule has 0 amide bonds. The van der Waals surface area contributed by atoms with Crippen molar-refractivity contribution < 1.29 is 0 Å². The third kappa shape index (κ3) is 4.21. The predicted molar refractivity (Wildman–Crippen MR) is 55.1 cm³/mol. The van der Waals surface area contributed by atoms with E-state index in [1.807, 2.05) is 0 Å². The van der Waals surface area contributed by atoms with Crippen LogP contribution in [0.15, 0.2) is 0 Å². The largest absolute Gasteiger partial charge is 0.370 e. The van der Waals surface area contributed by atoms with E-state index < -0.39 is 0 Å². The molecule has 64 valence electrons. The summed E-state index contributed by atoms with van der Waals surface area (Å²) in [7, 11) is 0. The number of guanidine groups is 1. The minimum absolute atomic E-state index is 0.0292. The molecular weight excluding hydrogens is 178 g/mol. The number of nitrogens with zero attached hydrogens (tertiary/aromatic N) is 1. The Balaban J connectivity index is 3.90. The summed E-state index contributed by atoms with van der Waals surface area (Å²) in [5.74, 6) is -0.0292. The number of unbranched alkanes of at least 4 members (excludes halogenated alkanes) is 1. The number of thiocarbonyl (C=S) groups is 1. The fraction of sp³-hybridized carbons (Fsp3) is 0.667. The van der Waals surface area contributed by atoms with Crippen LogP contribution in [0.2, 0.25) is 0 Å². The molecule has 0 atom stereocenters. The molecule has 0 aromatic rings. The lowest BCUT2D eigenvalue weighted by Gasteiger charge is -2.19. The van der Waals surface area contributed by atoms with Gasteiger partial charge in [-0.2, -0.15) is 0 Å². The number of nitrogens with one attached hydrogen (secondary N) is 1. The Morgan fingerprint density at radius 3 is 2.55 bits per heavy atom. The Bertz CT molecular complexity index is 144. The molecule has 11 heavy (non-hydrogen) atoms. The Labute approximate surface area is 77.9 Å². The molecule has 0 rings (SSSR count). The van der Waals surface area contributed by atoms with Crippen molar-refractivity contribution in [3.63, 3.8) is 0 Å². The molecule has 5 heteroatoms. The molecule has 0 aliphatic heterocycles. The van der Waals surface area contributed by atoms with E-state index in [-0.39, 0.29) is 5.96 Å². The van der Waals surface area contributed by atoms with Gasteiger partial charge < -0.3 is 5.73 Å². The quantitative estimate of drug-likeness (QED) is 0.272. The van der Waals surface area contributed by atoms with Crippen molar-refractivity contribution >= 4 is 35.1 Å². The van der Waals surface area contributed by atoms with Gasteiger partial charge in [-0.05, 0) is 6.42 Å². The van der Waals surface area contributed by atoms with Crippen LogP contribution in [-0.4, -0.2) is 21.7 Å². The summed E-state index contributed by atoms with van der Waals surface area (Å²) in [6.07, 6.45) is 2.03. The summed E-state index contributed by atoms with van der Waals surface area (Å²) in [4.78, 5) is 1.50. The highest BCUT2D eigenvalue weighted by molar-refractivity contribution is 8.11. The maximum atomic E-state index is 7.13. The maximum absolute atomic E-state index is 7.13. The van der Waals surface area contributed by atoms with Crippen LogP contribution in [0.5, 0.6) is 0 Å². The van der Waals surface area contributed by atoms with E-state index in [0.29, 0.717) is 10.9 Å². The smallest absolute Gasteiger partial charge is 0.193 e. The lowest BCUT2D eigenvalue weighted by Crippen LogP contribution is -2.38. The van der Waals surface area contributed by atoms with Gasteiger partial charge in [0.2, 0.25) is 0 Å². The van der Waals surface area contributed by atoms with E-state index in [1.165, 1.54) is 4.90 Å². The summed E-state index contributed by atoms with van der Waals surface area (Å²) in [5.41, 5.74) is 5.25. The van der Waals surface area contributed by atoms with Crippen molar-refractivity contribution in [2.75, 3.05) is 6.54 Å². The van der Waals surface area contributed by atoms with Gasteiger partial charge in [-0.25, -0.2) is 0 Å². The van der Waals surface area contributed by atoms with Gasteiger partial charge in [0, 0.05) is 6.54 Å². The van der Waals surface area contributed by atoms with Crippen molar-refractivity contribution in [2.24, 2.45) is 5.73 Å². The number of rotatable bonds is 3. The number of thiol groups is 1. The monoisotopic (exact) mass is 191 g/mol. The number of hydrogen-bond donors (Lipinski definition) is 3. The van der Waals surface area contributed by atoms with E-state index in [2.05, 4.69) is 19.6 Å². The Kier molecular flexibility index (Phi) is 5.23. The Morgan fingerprint density at radius 2 is 2.27 bits per heavy atom. The van der Waals surface area contributed by atoms with Crippen LogP contribution in [-0.2, 0) is 0 Å². The molecule has 3 nitrogen and oxygen atoms in total. The lowest BCUT2D eigenvalue weighted by molar-refractivity contribution is 0.575. The van der Waals surface area contributed by atoms with Crippen LogP contribution >= 0.6 is 24.8 Å². The van der Waals surface area contributed by atoms with Crippen molar-refractivity contribution in [2.45, 2.75) is 19.8 Å². The fourth-order valence-electron chi connectivity index (χ4n) is 0.635. The van der Waals surface area contributed by atoms with E-state index >= 15 is 0 Å². The van der Waals surface area contributed by atoms with Gasteiger partial charge in [-0.1, -0.05) is 25.6 Å². The third-order valence-electron chi connectivity index (χ3n) is 1.26. The van der Waals surface area contributed by atoms with E-state index in [0.717, 1.165) is 12.8 Å². The molecule has 0 radical (unpaired) electrons. The molecule has 0 saturated carbocycles. The molecule has 0 saturated heterocycles. The molecule has 0 aliphatic carbocycles. The Morgan fingerprint density at radius 1 is 1.73 bits per heavy atom. The van der Waals surface area contributed by atoms with Gasteiger partial charge in [-0.3, -0.25) is 10.3 Å². The molecule has 0 aromatic heterocycles. The second-order valence-electron chi connectivity index (χ2n) is 2.17. The highest BCUT2D eigenvalue weighted by atomic mass is 32.1. The molecule has 0 spiro atoms. The van der Waals surface area contributed by atoms with Crippen LogP contribution in [0.3, 0.4) is 0 Å². The van der Waals surface area contributed by atoms with Crippen molar-refractivity contribution in [3.05, 3.63) is 0 Å². The van der Waals surface area contributed by atoms with Gasteiger partial charge >= 0.3 is 0 Å². The van der Waals surface area contributed by atoms with E-state index in [4.69, 9.17) is 23.4 Å². The van der Waals surface area contributed by atoms with Crippen LogP contribution in [0.1, 0.15) is 19.8 Å². The first-order chi connectivity index (χ1) is 5.09. The predicted octanol–water partition coefficient (Wildman–Crippen LogP) is 1.20. The third-order valence-corrected chi connectivity index (χ3v) is 1.72. The minimum atomic E-state index is -0.0292. The zero-order valence-electron chi connectivity index (χ0n) is 6.50. The average Bonchev–Trinajstić information content (AvgIpc) is 1.87. The van der Waals surface area contributed by atoms with Gasteiger partial charge in [0.1, 0.15) is 4.32 Å². The highest BCUT2D eigenvalue weighted by Gasteiger charge is 2.07. The van der Waals surface area contributed by atoms with E-state index in [9.17, 15) is 0 Å². The molecule has 0 aromatic carbocycles. The maximum Gasteiger partial charge on any atom is 0.193 e.